The van der Waals surface area contributed by atoms with E-state index in [9.17, 15) is 19.2 Å². The fourth-order valence-corrected chi connectivity index (χ4v) is 2.07. The normalized spacial score (nSPS) is 10.3. The summed E-state index contributed by atoms with van der Waals surface area (Å²) in [6.45, 7) is 3.40. The van der Waals surface area contributed by atoms with E-state index in [1.807, 2.05) is 0 Å². The lowest BCUT2D eigenvalue weighted by Gasteiger charge is -2.12. The van der Waals surface area contributed by atoms with Crippen LogP contribution in [0.2, 0.25) is 0 Å². The molecule has 0 N–H and O–H groups in total. The molecule has 1 aromatic carbocycles. The first-order valence-corrected chi connectivity index (χ1v) is 6.87. The SMILES string of the molecule is CC(=O)OCc1cc(=O)oc2cc(OC(C)=O)cc(OC(C)=O)c12. The summed E-state index contributed by atoms with van der Waals surface area (Å²) >= 11 is 0. The zero-order valence-corrected chi connectivity index (χ0v) is 13.2. The molecule has 2 aromatic rings. The van der Waals surface area contributed by atoms with Crippen molar-refractivity contribution in [3.63, 3.8) is 0 Å². The lowest BCUT2D eigenvalue weighted by Crippen LogP contribution is -2.09. The number of esters is 3. The predicted octanol–water partition coefficient (Wildman–Crippen LogP) is 1.71. The molecular formula is C16H14O8. The van der Waals surface area contributed by atoms with Crippen molar-refractivity contribution in [3.05, 3.63) is 34.2 Å². The molecule has 0 aliphatic rings. The number of rotatable bonds is 4. The summed E-state index contributed by atoms with van der Waals surface area (Å²) in [7, 11) is 0. The van der Waals surface area contributed by atoms with Gasteiger partial charge in [0, 0.05) is 44.5 Å². The molecule has 0 bridgehead atoms. The Morgan fingerprint density at radius 3 is 2.21 bits per heavy atom. The lowest BCUT2D eigenvalue weighted by atomic mass is 10.1. The maximum absolute atomic E-state index is 11.7. The summed E-state index contributed by atoms with van der Waals surface area (Å²) in [5.74, 6) is -1.70. The first kappa shape index (κ1) is 17.2. The van der Waals surface area contributed by atoms with Gasteiger partial charge in [0.15, 0.2) is 0 Å². The van der Waals surface area contributed by atoms with E-state index in [-0.39, 0.29) is 29.1 Å². The molecule has 8 nitrogen and oxygen atoms in total. The highest BCUT2D eigenvalue weighted by atomic mass is 16.5. The zero-order valence-electron chi connectivity index (χ0n) is 13.2. The summed E-state index contributed by atoms with van der Waals surface area (Å²) in [6.07, 6.45) is 0. The molecule has 0 saturated carbocycles. The number of hydrogen-bond donors (Lipinski definition) is 0. The number of fused-ring (bicyclic) bond motifs is 1. The minimum Gasteiger partial charge on any atom is -0.461 e. The van der Waals surface area contributed by atoms with E-state index < -0.39 is 23.5 Å². The van der Waals surface area contributed by atoms with Gasteiger partial charge in [0.25, 0.3) is 0 Å². The monoisotopic (exact) mass is 334 g/mol. The summed E-state index contributed by atoms with van der Waals surface area (Å²) in [5, 5.41) is 0.266. The number of carbonyl (C=O) groups excluding carboxylic acids is 3. The van der Waals surface area contributed by atoms with Crippen LogP contribution >= 0.6 is 0 Å². The maximum atomic E-state index is 11.7. The van der Waals surface area contributed by atoms with Crippen LogP contribution in [0.4, 0.5) is 0 Å². The van der Waals surface area contributed by atoms with Gasteiger partial charge in [0.05, 0.1) is 5.39 Å². The number of benzene rings is 1. The van der Waals surface area contributed by atoms with Crippen molar-refractivity contribution >= 4 is 28.9 Å². The molecule has 0 saturated heterocycles. The summed E-state index contributed by atoms with van der Waals surface area (Å²) in [4.78, 5) is 45.1. The van der Waals surface area contributed by atoms with Crippen molar-refractivity contribution < 1.29 is 33.0 Å². The standard InChI is InChI=1S/C16H14O8/c1-8(17)21-7-11-4-15(20)24-14-6-12(22-9(2)18)5-13(16(11)14)23-10(3)19/h4-6H,7H2,1-3H3. The van der Waals surface area contributed by atoms with E-state index in [1.54, 1.807) is 0 Å². The molecule has 0 atom stereocenters. The largest absolute Gasteiger partial charge is 0.461 e. The van der Waals surface area contributed by atoms with Gasteiger partial charge in [0.1, 0.15) is 23.7 Å². The van der Waals surface area contributed by atoms with Crippen LogP contribution in [-0.4, -0.2) is 17.9 Å². The molecule has 0 radical (unpaired) electrons. The Morgan fingerprint density at radius 1 is 0.958 bits per heavy atom. The third-order valence-corrected chi connectivity index (χ3v) is 2.81. The third-order valence-electron chi connectivity index (χ3n) is 2.81. The number of hydrogen-bond acceptors (Lipinski definition) is 8. The van der Waals surface area contributed by atoms with Gasteiger partial charge < -0.3 is 18.6 Å². The zero-order chi connectivity index (χ0) is 17.9. The minimum atomic E-state index is -0.696. The highest BCUT2D eigenvalue weighted by Gasteiger charge is 2.17. The van der Waals surface area contributed by atoms with Crippen molar-refractivity contribution in [2.45, 2.75) is 27.4 Å². The van der Waals surface area contributed by atoms with Gasteiger partial charge in [-0.05, 0) is 0 Å². The highest BCUT2D eigenvalue weighted by Crippen LogP contribution is 2.33. The van der Waals surface area contributed by atoms with E-state index in [4.69, 9.17) is 18.6 Å². The molecule has 0 amide bonds. The van der Waals surface area contributed by atoms with Crippen LogP contribution < -0.4 is 15.1 Å². The average Bonchev–Trinajstić information content (AvgIpc) is 2.42. The van der Waals surface area contributed by atoms with Crippen LogP contribution in [0.25, 0.3) is 11.0 Å². The van der Waals surface area contributed by atoms with E-state index in [1.165, 1.54) is 32.9 Å². The van der Waals surface area contributed by atoms with Crippen molar-refractivity contribution in [2.24, 2.45) is 0 Å². The van der Waals surface area contributed by atoms with Gasteiger partial charge in [-0.15, -0.1) is 0 Å². The molecule has 24 heavy (non-hydrogen) atoms. The highest BCUT2D eigenvalue weighted by molar-refractivity contribution is 5.91. The van der Waals surface area contributed by atoms with Crippen LogP contribution in [0.3, 0.4) is 0 Å². The minimum absolute atomic E-state index is 0.0159. The molecule has 1 aromatic heterocycles. The molecule has 2 rings (SSSR count). The van der Waals surface area contributed by atoms with Crippen LogP contribution in [-0.2, 0) is 25.7 Å². The first-order chi connectivity index (χ1) is 11.3. The van der Waals surface area contributed by atoms with E-state index in [0.717, 1.165) is 6.07 Å². The second kappa shape index (κ2) is 6.95. The fourth-order valence-electron chi connectivity index (χ4n) is 2.07. The quantitative estimate of drug-likeness (QED) is 0.472. The van der Waals surface area contributed by atoms with Crippen LogP contribution in [0, 0.1) is 0 Å². The molecule has 0 spiro atoms. The van der Waals surface area contributed by atoms with E-state index in [2.05, 4.69) is 0 Å². The topological polar surface area (TPSA) is 109 Å². The Kier molecular flexibility index (Phi) is 4.98. The molecule has 0 aliphatic carbocycles. The van der Waals surface area contributed by atoms with Crippen LogP contribution in [0.15, 0.2) is 27.4 Å². The van der Waals surface area contributed by atoms with Crippen molar-refractivity contribution in [2.75, 3.05) is 0 Å². The molecular weight excluding hydrogens is 320 g/mol. The molecule has 126 valence electrons. The molecule has 0 aliphatic heterocycles. The maximum Gasteiger partial charge on any atom is 0.336 e. The lowest BCUT2D eigenvalue weighted by molar-refractivity contribution is -0.142. The van der Waals surface area contributed by atoms with Gasteiger partial charge in [-0.25, -0.2) is 4.79 Å². The van der Waals surface area contributed by atoms with Gasteiger partial charge in [0.2, 0.25) is 0 Å². The van der Waals surface area contributed by atoms with E-state index in [0.29, 0.717) is 5.56 Å². The van der Waals surface area contributed by atoms with E-state index >= 15 is 0 Å². The Balaban J connectivity index is 2.68. The predicted molar refractivity (Wildman–Crippen MR) is 80.6 cm³/mol. The van der Waals surface area contributed by atoms with Crippen LogP contribution in [0.1, 0.15) is 26.3 Å². The Morgan fingerprint density at radius 2 is 1.62 bits per heavy atom. The summed E-state index contributed by atoms with van der Waals surface area (Å²) < 4.78 is 20.0. The molecule has 8 heteroatoms. The molecule has 1 heterocycles. The smallest absolute Gasteiger partial charge is 0.336 e. The number of carbonyl (C=O) groups is 3. The Hall–Kier alpha value is -3.16. The summed E-state index contributed by atoms with van der Waals surface area (Å²) in [6, 6.07) is 3.74. The summed E-state index contributed by atoms with van der Waals surface area (Å²) in [5.41, 5.74) is -0.375. The average molecular weight is 334 g/mol. The fraction of sp³-hybridized carbons (Fsp3) is 0.250. The van der Waals surface area contributed by atoms with Gasteiger partial charge in [-0.2, -0.15) is 0 Å². The Labute approximate surface area is 135 Å². The van der Waals surface area contributed by atoms with Gasteiger partial charge in [-0.3, -0.25) is 14.4 Å². The van der Waals surface area contributed by atoms with Crippen molar-refractivity contribution in [3.8, 4) is 11.5 Å². The van der Waals surface area contributed by atoms with Crippen molar-refractivity contribution in [1.82, 2.24) is 0 Å². The van der Waals surface area contributed by atoms with Crippen LogP contribution in [0.5, 0.6) is 11.5 Å². The third kappa shape index (κ3) is 4.19. The second-order valence-corrected chi connectivity index (χ2v) is 4.85. The first-order valence-electron chi connectivity index (χ1n) is 6.87. The second-order valence-electron chi connectivity index (χ2n) is 4.85. The van der Waals surface area contributed by atoms with Gasteiger partial charge in [-0.1, -0.05) is 0 Å². The van der Waals surface area contributed by atoms with Crippen molar-refractivity contribution in [1.29, 1.82) is 0 Å². The molecule has 0 unspecified atom stereocenters. The Bertz CT molecular complexity index is 878. The number of ether oxygens (including phenoxy) is 3. The molecule has 0 fully saturated rings. The van der Waals surface area contributed by atoms with Gasteiger partial charge >= 0.3 is 23.5 Å².